The molecule has 5 nitrogen and oxygen atoms in total. The maximum atomic E-state index is 14.7. The van der Waals surface area contributed by atoms with Crippen molar-refractivity contribution in [3.63, 3.8) is 0 Å². The van der Waals surface area contributed by atoms with Gasteiger partial charge in [0.25, 0.3) is 5.92 Å². The minimum atomic E-state index is -2.85. The molecule has 2 aromatic heterocycles. The number of aryl methyl sites for hydroxylation is 1. The Morgan fingerprint density at radius 3 is 2.74 bits per heavy atom. The SMILES string of the molecule is Cc1ccc(C(F)(F)CN2CCCC(n3ncc4cncnc43)CC2)cc1. The van der Waals surface area contributed by atoms with Crippen LogP contribution in [-0.4, -0.2) is 44.3 Å². The lowest BCUT2D eigenvalue weighted by Crippen LogP contribution is -2.36. The zero-order valence-corrected chi connectivity index (χ0v) is 15.4. The average Bonchev–Trinajstić information content (AvgIpc) is 2.95. The number of rotatable bonds is 4. The number of nitrogens with zero attached hydrogens (tertiary/aromatic N) is 5. The Balaban J connectivity index is 1.44. The molecule has 0 bridgehead atoms. The van der Waals surface area contributed by atoms with Gasteiger partial charge in [0, 0.05) is 18.3 Å². The van der Waals surface area contributed by atoms with Crippen LogP contribution in [0.15, 0.2) is 43.0 Å². The lowest BCUT2D eigenvalue weighted by Gasteiger charge is -2.26. The van der Waals surface area contributed by atoms with Crippen LogP contribution in [0.4, 0.5) is 8.78 Å². The van der Waals surface area contributed by atoms with Gasteiger partial charge in [0.05, 0.1) is 24.2 Å². The molecule has 1 unspecified atom stereocenters. The van der Waals surface area contributed by atoms with E-state index in [9.17, 15) is 8.78 Å². The summed E-state index contributed by atoms with van der Waals surface area (Å²) >= 11 is 0. The molecule has 142 valence electrons. The molecule has 1 atom stereocenters. The number of aromatic nitrogens is 4. The van der Waals surface area contributed by atoms with Crippen LogP contribution in [0.3, 0.4) is 0 Å². The minimum absolute atomic E-state index is 0.0867. The molecule has 1 aliphatic rings. The molecule has 1 aliphatic heterocycles. The zero-order valence-electron chi connectivity index (χ0n) is 15.4. The molecule has 27 heavy (non-hydrogen) atoms. The average molecular weight is 371 g/mol. The summed E-state index contributed by atoms with van der Waals surface area (Å²) in [4.78, 5) is 10.2. The Morgan fingerprint density at radius 1 is 1.11 bits per heavy atom. The van der Waals surface area contributed by atoms with Crippen molar-refractivity contribution in [2.45, 2.75) is 38.2 Å². The summed E-state index contributed by atoms with van der Waals surface area (Å²) < 4.78 is 31.3. The van der Waals surface area contributed by atoms with Crippen LogP contribution < -0.4 is 0 Å². The molecular weight excluding hydrogens is 348 g/mol. The Bertz CT molecular complexity index is 906. The Labute approximate surface area is 157 Å². The van der Waals surface area contributed by atoms with Crippen LogP contribution in [0, 0.1) is 6.92 Å². The molecule has 0 aliphatic carbocycles. The number of alkyl halides is 2. The van der Waals surface area contributed by atoms with Crippen LogP contribution in [0.5, 0.6) is 0 Å². The van der Waals surface area contributed by atoms with Crippen molar-refractivity contribution in [1.29, 1.82) is 0 Å². The van der Waals surface area contributed by atoms with Gasteiger partial charge in [-0.3, -0.25) is 4.90 Å². The highest BCUT2D eigenvalue weighted by atomic mass is 19.3. The fourth-order valence-corrected chi connectivity index (χ4v) is 3.77. The van der Waals surface area contributed by atoms with E-state index in [1.807, 2.05) is 16.5 Å². The monoisotopic (exact) mass is 371 g/mol. The molecule has 1 fully saturated rings. The quantitative estimate of drug-likeness (QED) is 0.697. The fourth-order valence-electron chi connectivity index (χ4n) is 3.77. The van der Waals surface area contributed by atoms with Crippen molar-refractivity contribution in [3.05, 3.63) is 54.1 Å². The van der Waals surface area contributed by atoms with E-state index in [-0.39, 0.29) is 18.2 Å². The number of hydrogen-bond donors (Lipinski definition) is 0. The first-order valence-electron chi connectivity index (χ1n) is 9.33. The number of hydrogen-bond acceptors (Lipinski definition) is 4. The third-order valence-corrected chi connectivity index (χ3v) is 5.29. The van der Waals surface area contributed by atoms with Crippen LogP contribution in [0.1, 0.15) is 36.4 Å². The van der Waals surface area contributed by atoms with Gasteiger partial charge in [-0.1, -0.05) is 29.8 Å². The van der Waals surface area contributed by atoms with E-state index in [4.69, 9.17) is 0 Å². The Hall–Kier alpha value is -2.41. The number of halogens is 2. The lowest BCUT2D eigenvalue weighted by molar-refractivity contribution is -0.0373. The summed E-state index contributed by atoms with van der Waals surface area (Å²) in [5, 5.41) is 5.37. The van der Waals surface area contributed by atoms with E-state index in [1.54, 1.807) is 24.5 Å². The van der Waals surface area contributed by atoms with Crippen molar-refractivity contribution in [1.82, 2.24) is 24.6 Å². The summed E-state index contributed by atoms with van der Waals surface area (Å²) in [6.07, 6.45) is 7.59. The summed E-state index contributed by atoms with van der Waals surface area (Å²) in [7, 11) is 0. The number of benzene rings is 1. The highest BCUT2D eigenvalue weighted by Crippen LogP contribution is 2.31. The summed E-state index contributed by atoms with van der Waals surface area (Å²) in [5.74, 6) is -2.85. The van der Waals surface area contributed by atoms with Crippen LogP contribution >= 0.6 is 0 Å². The molecule has 0 N–H and O–H groups in total. The number of likely N-dealkylation sites (tertiary alicyclic amines) is 1. The van der Waals surface area contributed by atoms with Crippen LogP contribution in [0.2, 0.25) is 0 Å². The van der Waals surface area contributed by atoms with Gasteiger partial charge in [0.1, 0.15) is 6.33 Å². The highest BCUT2D eigenvalue weighted by molar-refractivity contribution is 5.72. The second-order valence-electron chi connectivity index (χ2n) is 7.32. The van der Waals surface area contributed by atoms with Crippen LogP contribution in [-0.2, 0) is 5.92 Å². The lowest BCUT2D eigenvalue weighted by atomic mass is 10.1. The third-order valence-electron chi connectivity index (χ3n) is 5.29. The number of fused-ring (bicyclic) bond motifs is 1. The maximum Gasteiger partial charge on any atom is 0.285 e. The smallest absolute Gasteiger partial charge is 0.285 e. The van der Waals surface area contributed by atoms with E-state index < -0.39 is 5.92 Å². The van der Waals surface area contributed by atoms with Gasteiger partial charge in [-0.05, 0) is 32.7 Å². The van der Waals surface area contributed by atoms with Crippen molar-refractivity contribution in [3.8, 4) is 0 Å². The molecule has 1 saturated heterocycles. The molecule has 4 rings (SSSR count). The molecule has 0 spiro atoms. The predicted octanol–water partition coefficient (Wildman–Crippen LogP) is 3.95. The van der Waals surface area contributed by atoms with Gasteiger partial charge >= 0.3 is 0 Å². The normalized spacial score (nSPS) is 19.3. The van der Waals surface area contributed by atoms with E-state index in [2.05, 4.69) is 15.1 Å². The van der Waals surface area contributed by atoms with Crippen molar-refractivity contribution in [2.24, 2.45) is 0 Å². The van der Waals surface area contributed by atoms with Crippen molar-refractivity contribution in [2.75, 3.05) is 19.6 Å². The Kier molecular flexibility index (Phi) is 4.86. The summed E-state index contributed by atoms with van der Waals surface area (Å²) in [6, 6.07) is 6.73. The largest absolute Gasteiger partial charge is 0.297 e. The minimum Gasteiger partial charge on any atom is -0.297 e. The standard InChI is InChI=1S/C20H23F2N5/c1-15-4-6-17(7-5-15)20(21,22)13-26-9-2-3-18(8-10-26)27-19-16(12-25-27)11-23-14-24-19/h4-7,11-12,14,18H,2-3,8-10,13H2,1H3. The zero-order chi connectivity index (χ0) is 18.9. The maximum absolute atomic E-state index is 14.7. The van der Waals surface area contributed by atoms with Gasteiger partial charge in [-0.15, -0.1) is 0 Å². The van der Waals surface area contributed by atoms with E-state index in [1.165, 1.54) is 18.5 Å². The van der Waals surface area contributed by atoms with Gasteiger partial charge in [0.2, 0.25) is 0 Å². The van der Waals surface area contributed by atoms with E-state index >= 15 is 0 Å². The van der Waals surface area contributed by atoms with Crippen LogP contribution in [0.25, 0.3) is 11.0 Å². The van der Waals surface area contributed by atoms with Gasteiger partial charge < -0.3 is 0 Å². The molecule has 1 aromatic carbocycles. The Morgan fingerprint density at radius 2 is 1.93 bits per heavy atom. The van der Waals surface area contributed by atoms with Gasteiger partial charge in [-0.2, -0.15) is 13.9 Å². The highest BCUT2D eigenvalue weighted by Gasteiger charge is 2.34. The first kappa shape index (κ1) is 18.0. The second kappa shape index (κ2) is 7.31. The molecule has 3 heterocycles. The summed E-state index contributed by atoms with van der Waals surface area (Å²) in [5.41, 5.74) is 1.89. The van der Waals surface area contributed by atoms with Crippen molar-refractivity contribution < 1.29 is 8.78 Å². The van der Waals surface area contributed by atoms with E-state index in [0.717, 1.165) is 35.9 Å². The second-order valence-corrected chi connectivity index (χ2v) is 7.32. The first-order valence-corrected chi connectivity index (χ1v) is 9.33. The third kappa shape index (κ3) is 3.83. The molecule has 0 radical (unpaired) electrons. The topological polar surface area (TPSA) is 46.8 Å². The van der Waals surface area contributed by atoms with Gasteiger partial charge in [0.15, 0.2) is 5.65 Å². The van der Waals surface area contributed by atoms with Crippen molar-refractivity contribution >= 4 is 11.0 Å². The van der Waals surface area contributed by atoms with E-state index in [0.29, 0.717) is 13.1 Å². The molecular formula is C20H23F2N5. The predicted molar refractivity (Wildman–Crippen MR) is 99.7 cm³/mol. The summed E-state index contributed by atoms with van der Waals surface area (Å²) in [6.45, 7) is 2.95. The molecule has 0 amide bonds. The fraction of sp³-hybridized carbons (Fsp3) is 0.450. The van der Waals surface area contributed by atoms with Gasteiger partial charge in [-0.25, -0.2) is 14.6 Å². The molecule has 0 saturated carbocycles. The molecule has 3 aromatic rings. The first-order chi connectivity index (χ1) is 13.0. The molecule has 7 heteroatoms.